The molecule has 0 saturated carbocycles. The van der Waals surface area contributed by atoms with Crippen molar-refractivity contribution in [1.29, 1.82) is 0 Å². The molecule has 0 nitrogen and oxygen atoms in total. The van der Waals surface area contributed by atoms with Crippen molar-refractivity contribution in [3.05, 3.63) is 28.2 Å². The molecule has 0 N–H and O–H groups in total. The van der Waals surface area contributed by atoms with E-state index >= 15 is 0 Å². The van der Waals surface area contributed by atoms with Gasteiger partial charge in [0.25, 0.3) is 0 Å². The first-order valence-electron chi connectivity index (χ1n) is 2.73. The minimum absolute atomic E-state index is 0.683. The molecule has 0 atom stereocenters. The van der Waals surface area contributed by atoms with Crippen LogP contribution in [0.2, 0.25) is 10.0 Å². The van der Waals surface area contributed by atoms with Crippen molar-refractivity contribution >= 4 is 34.5 Å². The predicted octanol–water partition coefficient (Wildman–Crippen LogP) is 2.86. The Morgan fingerprint density at radius 1 is 1.00 bits per heavy atom. The Hall–Kier alpha value is 1.03. The summed E-state index contributed by atoms with van der Waals surface area (Å²) in [5.74, 6) is 0. The molecule has 0 radical (unpaired) electrons. The summed E-state index contributed by atoms with van der Waals surface area (Å²) in [5.41, 5.74) is 0. The van der Waals surface area contributed by atoms with E-state index in [1.54, 1.807) is 6.07 Å². The van der Waals surface area contributed by atoms with Gasteiger partial charge in [-0.25, -0.2) is 0 Å². The van der Waals surface area contributed by atoms with Gasteiger partial charge in [0.2, 0.25) is 0 Å². The summed E-state index contributed by atoms with van der Waals surface area (Å²) in [6, 6.07) is 5.50. The fourth-order valence-corrected chi connectivity index (χ4v) is 5.93. The molecule has 50 valence electrons. The van der Waals surface area contributed by atoms with E-state index in [1.807, 2.05) is 12.1 Å². The molecule has 0 fully saturated rings. The van der Waals surface area contributed by atoms with E-state index in [1.165, 1.54) is 3.07 Å². The molecule has 0 heterocycles. The topological polar surface area (TPSA) is 0 Å². The number of hydrogen-bond donors (Lipinski definition) is 0. The van der Waals surface area contributed by atoms with Gasteiger partial charge in [-0.3, -0.25) is 0 Å². The first-order chi connectivity index (χ1) is 4.72. The van der Waals surface area contributed by atoms with Crippen molar-refractivity contribution in [2.75, 3.05) is 0 Å². The molecule has 0 unspecified atom stereocenters. The van der Waals surface area contributed by atoms with Crippen LogP contribution in [0.3, 0.4) is 0 Å². The van der Waals surface area contributed by atoms with Crippen LogP contribution in [0, 0.1) is 0 Å². The Labute approximate surface area is 85.3 Å². The molecule has 1 rings (SSSR count). The fourth-order valence-electron chi connectivity index (χ4n) is 0.688. The summed E-state index contributed by atoms with van der Waals surface area (Å²) in [5, 5.41) is 1.37. The number of hydrogen-bond acceptors (Lipinski definition) is 0. The molecule has 1 aromatic carbocycles. The average Bonchev–Trinajstić information content (AvgIpc) is 1.85. The third kappa shape index (κ3) is 2.57. The zero-order valence-corrected chi connectivity index (χ0v) is 12.8. The Balaban J connectivity index is 3.06. The van der Waals surface area contributed by atoms with Crippen LogP contribution in [0.1, 0.15) is 0 Å². The molecular weight excluding hydrogens is 379 g/mol. The molecule has 10 heavy (non-hydrogen) atoms. The standard InChI is InChI=1S/C6H3Cl2.ClH.Hg/c7-5-2-1-3-6(8)4-5;;/h2-4H;1H;/q;;+1/p-1. The summed E-state index contributed by atoms with van der Waals surface area (Å²) in [4.78, 5) is 0. The van der Waals surface area contributed by atoms with Crippen LogP contribution in [0.25, 0.3) is 0 Å². The van der Waals surface area contributed by atoms with Crippen LogP contribution >= 0.6 is 31.5 Å². The van der Waals surface area contributed by atoms with Crippen molar-refractivity contribution in [2.24, 2.45) is 0 Å². The Kier molecular flexibility index (Phi) is 3.78. The van der Waals surface area contributed by atoms with Crippen LogP contribution in [-0.4, -0.2) is 0 Å². The molecule has 0 aliphatic rings. The van der Waals surface area contributed by atoms with Gasteiger partial charge in [-0.05, 0) is 0 Å². The van der Waals surface area contributed by atoms with Gasteiger partial charge in [-0.2, -0.15) is 0 Å². The van der Waals surface area contributed by atoms with Gasteiger partial charge in [-0.1, -0.05) is 0 Å². The van der Waals surface area contributed by atoms with Crippen LogP contribution in [0.4, 0.5) is 0 Å². The van der Waals surface area contributed by atoms with Gasteiger partial charge in [-0.15, -0.1) is 0 Å². The van der Waals surface area contributed by atoms with Gasteiger partial charge < -0.3 is 0 Å². The Bertz CT molecular complexity index is 216. The van der Waals surface area contributed by atoms with Crippen molar-refractivity contribution < 1.29 is 23.3 Å². The normalized spacial score (nSPS) is 9.10. The first-order valence-corrected chi connectivity index (χ1v) is 13.0. The summed E-state index contributed by atoms with van der Waals surface area (Å²) in [6.45, 7) is 0. The first kappa shape index (κ1) is 9.12. The third-order valence-electron chi connectivity index (χ3n) is 1.08. The molecule has 0 aliphatic carbocycles. The maximum atomic E-state index is 5.78. The number of rotatable bonds is 1. The summed E-state index contributed by atoms with van der Waals surface area (Å²) >= 11 is 10.1. The van der Waals surface area contributed by atoms with Crippen LogP contribution in [0.5, 0.6) is 0 Å². The Morgan fingerprint density at radius 3 is 1.90 bits per heavy atom. The monoisotopic (exact) mass is 382 g/mol. The molecule has 0 aliphatic heterocycles. The predicted molar refractivity (Wildman–Crippen MR) is 41.9 cm³/mol. The molecule has 0 aromatic heterocycles. The second kappa shape index (κ2) is 4.15. The number of benzene rings is 1. The second-order valence-electron chi connectivity index (χ2n) is 1.91. The summed E-state index contributed by atoms with van der Waals surface area (Å²) in [7, 11) is 5.78. The molecule has 4 heteroatoms. The fraction of sp³-hybridized carbons (Fsp3) is 0. The van der Waals surface area contributed by atoms with E-state index < -0.39 is 23.3 Å². The number of halogens is 3. The molecule has 1 aromatic rings. The van der Waals surface area contributed by atoms with Gasteiger partial charge in [0.1, 0.15) is 0 Å². The van der Waals surface area contributed by atoms with Crippen molar-refractivity contribution in [2.45, 2.75) is 0 Å². The van der Waals surface area contributed by atoms with E-state index in [2.05, 4.69) is 0 Å². The molecule has 0 bridgehead atoms. The maximum absolute atomic E-state index is 5.78. The van der Waals surface area contributed by atoms with Gasteiger partial charge in [0.15, 0.2) is 0 Å². The van der Waals surface area contributed by atoms with Gasteiger partial charge >= 0.3 is 86.1 Å². The zero-order valence-electron chi connectivity index (χ0n) is 5.07. The van der Waals surface area contributed by atoms with Crippen molar-refractivity contribution in [3.63, 3.8) is 0 Å². The SMILES string of the molecule is [Cl][Hg][c]1cc(Cl)cc(Cl)c1. The van der Waals surface area contributed by atoms with Crippen molar-refractivity contribution in [1.82, 2.24) is 0 Å². The van der Waals surface area contributed by atoms with Gasteiger partial charge in [0.05, 0.1) is 0 Å². The average molecular weight is 382 g/mol. The Morgan fingerprint density at radius 2 is 1.50 bits per heavy atom. The van der Waals surface area contributed by atoms with E-state index in [9.17, 15) is 0 Å². The minimum atomic E-state index is -1.30. The van der Waals surface area contributed by atoms with E-state index in [-0.39, 0.29) is 0 Å². The zero-order chi connectivity index (χ0) is 7.56. The molecular formula is C6H3Cl3Hg. The second-order valence-corrected chi connectivity index (χ2v) is 9.34. The van der Waals surface area contributed by atoms with Crippen LogP contribution < -0.4 is 3.07 Å². The molecule has 0 amide bonds. The third-order valence-corrected chi connectivity index (χ3v) is 7.01. The van der Waals surface area contributed by atoms with Crippen LogP contribution in [0.15, 0.2) is 18.2 Å². The van der Waals surface area contributed by atoms with E-state index in [4.69, 9.17) is 31.5 Å². The van der Waals surface area contributed by atoms with E-state index in [0.717, 1.165) is 0 Å². The summed E-state index contributed by atoms with van der Waals surface area (Å²) in [6.07, 6.45) is 0. The van der Waals surface area contributed by atoms with Crippen LogP contribution in [-0.2, 0) is 23.3 Å². The molecule has 0 saturated heterocycles. The van der Waals surface area contributed by atoms with E-state index in [0.29, 0.717) is 10.0 Å². The van der Waals surface area contributed by atoms with Gasteiger partial charge in [0, 0.05) is 0 Å². The van der Waals surface area contributed by atoms with Crippen molar-refractivity contribution in [3.8, 4) is 0 Å². The summed E-state index contributed by atoms with van der Waals surface area (Å²) < 4.78 is 1.17. The quantitative estimate of drug-likeness (QED) is 0.656. The molecule has 0 spiro atoms.